The highest BCUT2D eigenvalue weighted by molar-refractivity contribution is 5.93. The number of hydrogen-bond acceptors (Lipinski definition) is 3. The van der Waals surface area contributed by atoms with E-state index in [1.807, 2.05) is 10.8 Å². The van der Waals surface area contributed by atoms with E-state index in [1.165, 1.54) is 0 Å². The van der Waals surface area contributed by atoms with Gasteiger partial charge in [-0.05, 0) is 32.9 Å². The molecule has 0 aromatic carbocycles. The van der Waals surface area contributed by atoms with Crippen molar-refractivity contribution in [3.05, 3.63) is 18.0 Å². The molecule has 3 N–H and O–H groups in total. The predicted octanol–water partition coefficient (Wildman–Crippen LogP) is 1.94. The molecule has 1 aromatic heterocycles. The molecule has 0 aliphatic carbocycles. The number of nitrogens with zero attached hydrogens (tertiary/aromatic N) is 2. The highest BCUT2D eigenvalue weighted by Gasteiger charge is 2.13. The Morgan fingerprint density at radius 1 is 1.50 bits per heavy atom. The van der Waals surface area contributed by atoms with Crippen molar-refractivity contribution >= 4 is 11.6 Å². The van der Waals surface area contributed by atoms with Gasteiger partial charge >= 0.3 is 0 Å². The predicted molar refractivity (Wildman–Crippen MR) is 83.9 cm³/mol. The van der Waals surface area contributed by atoms with Gasteiger partial charge in [0.2, 0.25) is 0 Å². The first-order valence-electron chi connectivity index (χ1n) is 7.43. The Balaban J connectivity index is 2.51. The standard InChI is InChI=1S/C15H28N4O/c1-5-8-19-11-13(16)10-14(19)15(20)17-7-9-18(4)12(3)6-2/h10-12H,5-9,16H2,1-4H3,(H,17,20). The summed E-state index contributed by atoms with van der Waals surface area (Å²) < 4.78 is 1.92. The Morgan fingerprint density at radius 2 is 2.20 bits per heavy atom. The number of likely N-dealkylation sites (N-methyl/N-ethyl adjacent to an activating group) is 1. The Morgan fingerprint density at radius 3 is 2.80 bits per heavy atom. The summed E-state index contributed by atoms with van der Waals surface area (Å²) in [6.45, 7) is 8.75. The van der Waals surface area contributed by atoms with Crippen LogP contribution in [-0.4, -0.2) is 41.6 Å². The highest BCUT2D eigenvalue weighted by Crippen LogP contribution is 2.11. The molecule has 0 spiro atoms. The van der Waals surface area contributed by atoms with Gasteiger partial charge in [0.1, 0.15) is 5.69 Å². The monoisotopic (exact) mass is 280 g/mol. The molecule has 0 saturated carbocycles. The van der Waals surface area contributed by atoms with Crippen LogP contribution in [0.15, 0.2) is 12.3 Å². The van der Waals surface area contributed by atoms with Crippen molar-refractivity contribution in [2.75, 3.05) is 25.9 Å². The quantitative estimate of drug-likeness (QED) is 0.765. The molecule has 1 unspecified atom stereocenters. The second-order valence-corrected chi connectivity index (χ2v) is 5.35. The molecule has 1 aromatic rings. The number of amides is 1. The first kappa shape index (κ1) is 16.6. The van der Waals surface area contributed by atoms with Crippen LogP contribution in [0.25, 0.3) is 0 Å². The second kappa shape index (κ2) is 7.94. The van der Waals surface area contributed by atoms with Gasteiger partial charge in [0.25, 0.3) is 5.91 Å². The number of hydrogen-bond donors (Lipinski definition) is 2. The average molecular weight is 280 g/mol. The zero-order valence-corrected chi connectivity index (χ0v) is 13.1. The number of nitrogens with two attached hydrogens (primary N) is 1. The number of aryl methyl sites for hydroxylation is 1. The zero-order chi connectivity index (χ0) is 15.1. The molecular formula is C15H28N4O. The van der Waals surface area contributed by atoms with Gasteiger partial charge in [-0.15, -0.1) is 0 Å². The van der Waals surface area contributed by atoms with E-state index in [1.54, 1.807) is 6.07 Å². The van der Waals surface area contributed by atoms with E-state index in [2.05, 4.69) is 38.0 Å². The minimum atomic E-state index is -0.0484. The lowest BCUT2D eigenvalue weighted by atomic mass is 10.2. The van der Waals surface area contributed by atoms with E-state index in [9.17, 15) is 4.79 Å². The van der Waals surface area contributed by atoms with Crippen LogP contribution in [0.2, 0.25) is 0 Å². The van der Waals surface area contributed by atoms with Crippen LogP contribution < -0.4 is 11.1 Å². The van der Waals surface area contributed by atoms with E-state index in [4.69, 9.17) is 5.73 Å². The van der Waals surface area contributed by atoms with E-state index in [0.29, 0.717) is 24.0 Å². The van der Waals surface area contributed by atoms with Crippen molar-refractivity contribution < 1.29 is 4.79 Å². The molecule has 0 aliphatic rings. The molecule has 0 radical (unpaired) electrons. The summed E-state index contributed by atoms with van der Waals surface area (Å²) in [6.07, 6.45) is 3.91. The first-order valence-corrected chi connectivity index (χ1v) is 7.43. The topological polar surface area (TPSA) is 63.3 Å². The van der Waals surface area contributed by atoms with Crippen LogP contribution in [-0.2, 0) is 6.54 Å². The lowest BCUT2D eigenvalue weighted by Crippen LogP contribution is -2.37. The van der Waals surface area contributed by atoms with Crippen molar-refractivity contribution in [1.29, 1.82) is 0 Å². The zero-order valence-electron chi connectivity index (χ0n) is 13.1. The SMILES string of the molecule is CCCn1cc(N)cc1C(=O)NCCN(C)C(C)CC. The maximum atomic E-state index is 12.2. The van der Waals surface area contributed by atoms with Gasteiger partial charge in [-0.2, -0.15) is 0 Å². The van der Waals surface area contributed by atoms with Gasteiger partial charge in [-0.25, -0.2) is 0 Å². The molecule has 0 saturated heterocycles. The van der Waals surface area contributed by atoms with Gasteiger partial charge in [0.15, 0.2) is 0 Å². The van der Waals surface area contributed by atoms with Crippen molar-refractivity contribution in [2.45, 2.75) is 46.2 Å². The van der Waals surface area contributed by atoms with Crippen LogP contribution in [0, 0.1) is 0 Å². The molecule has 1 amide bonds. The van der Waals surface area contributed by atoms with E-state index < -0.39 is 0 Å². The Bertz CT molecular complexity index is 428. The lowest BCUT2D eigenvalue weighted by molar-refractivity contribution is 0.0938. The summed E-state index contributed by atoms with van der Waals surface area (Å²) in [5.41, 5.74) is 7.06. The first-order chi connectivity index (χ1) is 9.49. The average Bonchev–Trinajstić information content (AvgIpc) is 2.79. The maximum absolute atomic E-state index is 12.2. The molecule has 0 aliphatic heterocycles. The van der Waals surface area contributed by atoms with Crippen LogP contribution in [0.4, 0.5) is 5.69 Å². The van der Waals surface area contributed by atoms with E-state index in [0.717, 1.165) is 25.9 Å². The minimum absolute atomic E-state index is 0.0484. The van der Waals surface area contributed by atoms with Gasteiger partial charge < -0.3 is 20.5 Å². The molecule has 0 bridgehead atoms. The molecular weight excluding hydrogens is 252 g/mol. The van der Waals surface area contributed by atoms with E-state index in [-0.39, 0.29) is 5.91 Å². The number of carbonyl (C=O) groups excluding carboxylic acids is 1. The summed E-state index contributed by atoms with van der Waals surface area (Å²) >= 11 is 0. The fraction of sp³-hybridized carbons (Fsp3) is 0.667. The minimum Gasteiger partial charge on any atom is -0.397 e. The van der Waals surface area contributed by atoms with Gasteiger partial charge in [-0.1, -0.05) is 13.8 Å². The molecule has 114 valence electrons. The summed E-state index contributed by atoms with van der Waals surface area (Å²) in [4.78, 5) is 14.4. The third-order valence-corrected chi connectivity index (χ3v) is 3.71. The van der Waals surface area contributed by atoms with Crippen LogP contribution >= 0.6 is 0 Å². The van der Waals surface area contributed by atoms with Gasteiger partial charge in [-0.3, -0.25) is 4.79 Å². The molecule has 5 heteroatoms. The number of nitrogen functional groups attached to an aromatic ring is 1. The van der Waals surface area contributed by atoms with Crippen molar-refractivity contribution in [3.8, 4) is 0 Å². The number of anilines is 1. The summed E-state index contributed by atoms with van der Waals surface area (Å²) in [6, 6.07) is 2.27. The Labute approximate surface area is 122 Å². The van der Waals surface area contributed by atoms with Crippen LogP contribution in [0.5, 0.6) is 0 Å². The molecule has 20 heavy (non-hydrogen) atoms. The van der Waals surface area contributed by atoms with Crippen molar-refractivity contribution in [1.82, 2.24) is 14.8 Å². The van der Waals surface area contributed by atoms with Crippen LogP contribution in [0.1, 0.15) is 44.1 Å². The molecule has 1 heterocycles. The lowest BCUT2D eigenvalue weighted by Gasteiger charge is -2.23. The fourth-order valence-electron chi connectivity index (χ4n) is 2.12. The fourth-order valence-corrected chi connectivity index (χ4v) is 2.12. The second-order valence-electron chi connectivity index (χ2n) is 5.35. The summed E-state index contributed by atoms with van der Waals surface area (Å²) in [7, 11) is 2.08. The highest BCUT2D eigenvalue weighted by atomic mass is 16.1. The largest absolute Gasteiger partial charge is 0.397 e. The molecule has 5 nitrogen and oxygen atoms in total. The van der Waals surface area contributed by atoms with Gasteiger partial charge in [0, 0.05) is 31.9 Å². The smallest absolute Gasteiger partial charge is 0.268 e. The maximum Gasteiger partial charge on any atom is 0.268 e. The number of rotatable bonds is 8. The third kappa shape index (κ3) is 4.56. The third-order valence-electron chi connectivity index (χ3n) is 3.71. The Kier molecular flexibility index (Phi) is 6.58. The van der Waals surface area contributed by atoms with Gasteiger partial charge in [0.05, 0.1) is 5.69 Å². The van der Waals surface area contributed by atoms with Crippen molar-refractivity contribution in [2.24, 2.45) is 0 Å². The van der Waals surface area contributed by atoms with Crippen LogP contribution in [0.3, 0.4) is 0 Å². The molecule has 1 rings (SSSR count). The van der Waals surface area contributed by atoms with E-state index >= 15 is 0 Å². The number of carbonyl (C=O) groups is 1. The number of aromatic nitrogens is 1. The normalized spacial score (nSPS) is 12.7. The molecule has 0 fully saturated rings. The van der Waals surface area contributed by atoms with Crippen molar-refractivity contribution in [3.63, 3.8) is 0 Å². The molecule has 1 atom stereocenters. The number of nitrogens with one attached hydrogen (secondary N) is 1. The Hall–Kier alpha value is -1.49. The summed E-state index contributed by atoms with van der Waals surface area (Å²) in [5, 5.41) is 2.96. The summed E-state index contributed by atoms with van der Waals surface area (Å²) in [5.74, 6) is -0.0484.